The lowest BCUT2D eigenvalue weighted by Crippen LogP contribution is -2.40. The third-order valence-electron chi connectivity index (χ3n) is 4.36. The summed E-state index contributed by atoms with van der Waals surface area (Å²) in [6, 6.07) is 6.51. The third kappa shape index (κ3) is 3.09. The van der Waals surface area contributed by atoms with Crippen molar-refractivity contribution in [2.75, 3.05) is 7.05 Å². The topological polar surface area (TPSA) is 30.5 Å². The SMILES string of the molecule is CCC(C)Oc1ccc2c(c1)C(NC)CC(C)(CC)O2. The Labute approximate surface area is 122 Å². The Hall–Kier alpha value is -1.22. The average molecular weight is 277 g/mol. The molecule has 0 radical (unpaired) electrons. The molecule has 1 N–H and O–H groups in total. The van der Waals surface area contributed by atoms with Crippen molar-refractivity contribution in [3.8, 4) is 11.5 Å². The lowest BCUT2D eigenvalue weighted by atomic mass is 9.86. The number of hydrogen-bond donors (Lipinski definition) is 1. The van der Waals surface area contributed by atoms with E-state index in [1.54, 1.807) is 0 Å². The van der Waals surface area contributed by atoms with Crippen LogP contribution >= 0.6 is 0 Å². The van der Waals surface area contributed by atoms with Crippen LogP contribution in [0.15, 0.2) is 18.2 Å². The summed E-state index contributed by atoms with van der Waals surface area (Å²) in [7, 11) is 2.01. The van der Waals surface area contributed by atoms with Gasteiger partial charge in [0.2, 0.25) is 0 Å². The standard InChI is InChI=1S/C17H27NO2/c1-6-12(3)19-13-8-9-16-14(10-13)15(18-5)11-17(4,7-2)20-16/h8-10,12,15,18H,6-7,11H2,1-5H3. The maximum absolute atomic E-state index is 6.19. The predicted molar refractivity (Wildman–Crippen MR) is 82.6 cm³/mol. The van der Waals surface area contributed by atoms with Crippen LogP contribution in [0.25, 0.3) is 0 Å². The molecule has 2 rings (SSSR count). The Morgan fingerprint density at radius 1 is 1.45 bits per heavy atom. The van der Waals surface area contributed by atoms with Crippen molar-refractivity contribution < 1.29 is 9.47 Å². The quantitative estimate of drug-likeness (QED) is 0.880. The number of nitrogens with one attached hydrogen (secondary N) is 1. The molecule has 0 amide bonds. The molecule has 3 heteroatoms. The highest BCUT2D eigenvalue weighted by Crippen LogP contribution is 2.42. The van der Waals surface area contributed by atoms with E-state index >= 15 is 0 Å². The van der Waals surface area contributed by atoms with Crippen molar-refractivity contribution in [3.63, 3.8) is 0 Å². The molecular weight excluding hydrogens is 250 g/mol. The molecule has 1 aromatic carbocycles. The van der Waals surface area contributed by atoms with Crippen LogP contribution in [0.1, 0.15) is 58.6 Å². The van der Waals surface area contributed by atoms with Gasteiger partial charge in [-0.05, 0) is 51.9 Å². The lowest BCUT2D eigenvalue weighted by Gasteiger charge is -2.39. The normalized spacial score (nSPS) is 26.6. The van der Waals surface area contributed by atoms with E-state index in [9.17, 15) is 0 Å². The number of ether oxygens (including phenoxy) is 2. The predicted octanol–water partition coefficient (Wildman–Crippen LogP) is 4.08. The third-order valence-corrected chi connectivity index (χ3v) is 4.36. The van der Waals surface area contributed by atoms with E-state index in [1.165, 1.54) is 5.56 Å². The van der Waals surface area contributed by atoms with Crippen molar-refractivity contribution in [3.05, 3.63) is 23.8 Å². The smallest absolute Gasteiger partial charge is 0.125 e. The van der Waals surface area contributed by atoms with E-state index < -0.39 is 0 Å². The van der Waals surface area contributed by atoms with E-state index in [1.807, 2.05) is 19.2 Å². The highest BCUT2D eigenvalue weighted by molar-refractivity contribution is 5.44. The summed E-state index contributed by atoms with van der Waals surface area (Å²) in [6.45, 7) is 8.59. The zero-order valence-electron chi connectivity index (χ0n) is 13.3. The van der Waals surface area contributed by atoms with Crippen LogP contribution in [-0.2, 0) is 0 Å². The van der Waals surface area contributed by atoms with Gasteiger partial charge in [-0.15, -0.1) is 0 Å². The number of fused-ring (bicyclic) bond motifs is 1. The number of benzene rings is 1. The molecule has 1 aliphatic heterocycles. The molecule has 0 saturated heterocycles. The first kappa shape index (κ1) is 15.2. The van der Waals surface area contributed by atoms with Gasteiger partial charge in [-0.1, -0.05) is 13.8 Å². The van der Waals surface area contributed by atoms with Gasteiger partial charge in [-0.25, -0.2) is 0 Å². The molecule has 3 unspecified atom stereocenters. The largest absolute Gasteiger partial charge is 0.491 e. The minimum atomic E-state index is -0.0836. The van der Waals surface area contributed by atoms with Crippen LogP contribution < -0.4 is 14.8 Å². The maximum Gasteiger partial charge on any atom is 0.125 e. The van der Waals surface area contributed by atoms with Crippen molar-refractivity contribution in [2.24, 2.45) is 0 Å². The summed E-state index contributed by atoms with van der Waals surface area (Å²) in [5, 5.41) is 3.41. The second kappa shape index (κ2) is 6.04. The summed E-state index contributed by atoms with van der Waals surface area (Å²) in [6.07, 6.45) is 3.25. The minimum absolute atomic E-state index is 0.0836. The van der Waals surface area contributed by atoms with E-state index in [-0.39, 0.29) is 11.7 Å². The Morgan fingerprint density at radius 2 is 2.20 bits per heavy atom. The van der Waals surface area contributed by atoms with Crippen LogP contribution in [-0.4, -0.2) is 18.8 Å². The van der Waals surface area contributed by atoms with E-state index in [4.69, 9.17) is 9.47 Å². The Kier molecular flexibility index (Phi) is 4.59. The summed E-state index contributed by atoms with van der Waals surface area (Å²) in [5.74, 6) is 1.92. The number of rotatable bonds is 5. The van der Waals surface area contributed by atoms with Crippen LogP contribution in [0.3, 0.4) is 0 Å². The number of hydrogen-bond acceptors (Lipinski definition) is 3. The fourth-order valence-electron chi connectivity index (χ4n) is 2.60. The molecule has 0 saturated carbocycles. The molecule has 112 valence electrons. The van der Waals surface area contributed by atoms with Gasteiger partial charge in [0.25, 0.3) is 0 Å². The first-order valence-corrected chi connectivity index (χ1v) is 7.68. The van der Waals surface area contributed by atoms with Gasteiger partial charge >= 0.3 is 0 Å². The van der Waals surface area contributed by atoms with Crippen LogP contribution in [0.4, 0.5) is 0 Å². The summed E-state index contributed by atoms with van der Waals surface area (Å²) < 4.78 is 12.1. The molecule has 20 heavy (non-hydrogen) atoms. The molecule has 3 nitrogen and oxygen atoms in total. The molecule has 0 spiro atoms. The molecule has 1 heterocycles. The zero-order valence-corrected chi connectivity index (χ0v) is 13.3. The first-order chi connectivity index (χ1) is 9.51. The molecule has 0 bridgehead atoms. The van der Waals surface area contributed by atoms with Gasteiger partial charge in [-0.3, -0.25) is 0 Å². The monoisotopic (exact) mass is 277 g/mol. The van der Waals surface area contributed by atoms with Crippen molar-refractivity contribution in [1.82, 2.24) is 5.32 Å². The van der Waals surface area contributed by atoms with Crippen LogP contribution in [0.2, 0.25) is 0 Å². The summed E-state index contributed by atoms with van der Waals surface area (Å²) in [5.41, 5.74) is 1.12. The van der Waals surface area contributed by atoms with Gasteiger partial charge in [-0.2, -0.15) is 0 Å². The highest BCUT2D eigenvalue weighted by Gasteiger charge is 2.35. The van der Waals surface area contributed by atoms with Crippen molar-refractivity contribution in [1.29, 1.82) is 0 Å². The molecule has 0 aliphatic carbocycles. The van der Waals surface area contributed by atoms with Crippen LogP contribution in [0, 0.1) is 0 Å². The molecule has 3 atom stereocenters. The first-order valence-electron chi connectivity index (χ1n) is 7.68. The van der Waals surface area contributed by atoms with Crippen molar-refractivity contribution in [2.45, 2.75) is 64.7 Å². The van der Waals surface area contributed by atoms with E-state index in [2.05, 4.69) is 39.1 Å². The fraction of sp³-hybridized carbons (Fsp3) is 0.647. The van der Waals surface area contributed by atoms with Gasteiger partial charge in [0.05, 0.1) is 6.10 Å². The Morgan fingerprint density at radius 3 is 2.80 bits per heavy atom. The second-order valence-electron chi connectivity index (χ2n) is 5.99. The zero-order chi connectivity index (χ0) is 14.8. The molecule has 1 aliphatic rings. The fourth-order valence-corrected chi connectivity index (χ4v) is 2.60. The summed E-state index contributed by atoms with van der Waals surface area (Å²) in [4.78, 5) is 0. The maximum atomic E-state index is 6.19. The second-order valence-corrected chi connectivity index (χ2v) is 5.99. The van der Waals surface area contributed by atoms with Gasteiger partial charge in [0.15, 0.2) is 0 Å². The van der Waals surface area contributed by atoms with Gasteiger partial charge < -0.3 is 14.8 Å². The van der Waals surface area contributed by atoms with E-state index in [0.717, 1.165) is 30.8 Å². The molecule has 0 aromatic heterocycles. The molecule has 1 aromatic rings. The Balaban J connectivity index is 2.29. The molecule has 0 fully saturated rings. The van der Waals surface area contributed by atoms with Crippen molar-refractivity contribution >= 4 is 0 Å². The Bertz CT molecular complexity index is 460. The molecular formula is C17H27NO2. The van der Waals surface area contributed by atoms with Gasteiger partial charge in [0, 0.05) is 18.0 Å². The van der Waals surface area contributed by atoms with E-state index in [0.29, 0.717) is 6.04 Å². The lowest BCUT2D eigenvalue weighted by molar-refractivity contribution is 0.0452. The average Bonchev–Trinajstić information content (AvgIpc) is 2.46. The highest BCUT2D eigenvalue weighted by atomic mass is 16.5. The summed E-state index contributed by atoms with van der Waals surface area (Å²) >= 11 is 0. The minimum Gasteiger partial charge on any atom is -0.491 e. The van der Waals surface area contributed by atoms with Crippen LogP contribution in [0.5, 0.6) is 11.5 Å². The van der Waals surface area contributed by atoms with Gasteiger partial charge in [0.1, 0.15) is 17.1 Å².